The number of carbonyl (C=O) groups excluding carboxylic acids is 1. The summed E-state index contributed by atoms with van der Waals surface area (Å²) in [5.74, 6) is -0.0396. The van der Waals surface area contributed by atoms with Gasteiger partial charge in [0.25, 0.3) is 5.91 Å². The third kappa shape index (κ3) is 5.33. The van der Waals surface area contributed by atoms with E-state index in [1.54, 1.807) is 0 Å². The molecule has 112 valence electrons. The van der Waals surface area contributed by atoms with E-state index in [9.17, 15) is 9.59 Å². The molecule has 0 aliphatic rings. The van der Waals surface area contributed by atoms with E-state index in [0.29, 0.717) is 24.8 Å². The van der Waals surface area contributed by atoms with E-state index in [0.717, 1.165) is 17.5 Å². The lowest BCUT2D eigenvalue weighted by Crippen LogP contribution is -2.27. The van der Waals surface area contributed by atoms with Crippen LogP contribution in [0.1, 0.15) is 49.0 Å². The molecule has 0 fully saturated rings. The molecule has 1 heterocycles. The Labute approximate surface area is 124 Å². The second-order valence-corrected chi connectivity index (χ2v) is 6.19. The molecular formula is C15H23NO3S. The summed E-state index contributed by atoms with van der Waals surface area (Å²) in [6.45, 7) is 6.71. The van der Waals surface area contributed by atoms with Gasteiger partial charge in [-0.3, -0.25) is 9.59 Å². The van der Waals surface area contributed by atoms with Crippen molar-refractivity contribution >= 4 is 23.2 Å². The monoisotopic (exact) mass is 297 g/mol. The van der Waals surface area contributed by atoms with E-state index >= 15 is 0 Å². The molecule has 0 aliphatic heterocycles. The third-order valence-corrected chi connectivity index (χ3v) is 4.43. The van der Waals surface area contributed by atoms with Crippen LogP contribution in [0.15, 0.2) is 10.8 Å². The van der Waals surface area contributed by atoms with Gasteiger partial charge in [-0.25, -0.2) is 0 Å². The molecular weight excluding hydrogens is 274 g/mol. The van der Waals surface area contributed by atoms with E-state index in [-0.39, 0.29) is 12.3 Å². The van der Waals surface area contributed by atoms with Gasteiger partial charge in [0.1, 0.15) is 0 Å². The number of hydrogen-bond donors (Lipinski definition) is 2. The standard InChI is InChI=1S/C15H23NO3S/c1-10(2)12(4-5-14(17)18)6-7-16-15(19)13-9-20-8-11(13)3/h8-10,12H,4-7H2,1-3H3,(H,16,19)(H,17,18). The number of thiophene rings is 1. The van der Waals surface area contributed by atoms with Gasteiger partial charge in [0.05, 0.1) is 5.56 Å². The van der Waals surface area contributed by atoms with Crippen molar-refractivity contribution in [1.82, 2.24) is 5.32 Å². The van der Waals surface area contributed by atoms with Crippen LogP contribution in [0.3, 0.4) is 0 Å². The highest BCUT2D eigenvalue weighted by Crippen LogP contribution is 2.20. The van der Waals surface area contributed by atoms with Gasteiger partial charge in [-0.1, -0.05) is 13.8 Å². The van der Waals surface area contributed by atoms with Crippen molar-refractivity contribution in [1.29, 1.82) is 0 Å². The molecule has 0 aliphatic carbocycles. The molecule has 0 bridgehead atoms. The Kier molecular flexibility index (Phi) is 6.71. The summed E-state index contributed by atoms with van der Waals surface area (Å²) in [5.41, 5.74) is 1.74. The highest BCUT2D eigenvalue weighted by atomic mass is 32.1. The molecule has 0 radical (unpaired) electrons. The van der Waals surface area contributed by atoms with Crippen molar-refractivity contribution in [3.63, 3.8) is 0 Å². The number of hydrogen-bond acceptors (Lipinski definition) is 3. The van der Waals surface area contributed by atoms with Crippen LogP contribution in [-0.4, -0.2) is 23.5 Å². The maximum absolute atomic E-state index is 11.9. The first kappa shape index (κ1) is 16.7. The number of carbonyl (C=O) groups is 2. The van der Waals surface area contributed by atoms with E-state index in [1.165, 1.54) is 11.3 Å². The Morgan fingerprint density at radius 2 is 2.00 bits per heavy atom. The smallest absolute Gasteiger partial charge is 0.303 e. The Bertz CT molecular complexity index is 454. The lowest BCUT2D eigenvalue weighted by atomic mass is 9.88. The number of amides is 1. The third-order valence-electron chi connectivity index (χ3n) is 3.57. The first-order chi connectivity index (χ1) is 9.41. The Balaban J connectivity index is 2.38. The molecule has 2 N–H and O–H groups in total. The van der Waals surface area contributed by atoms with Gasteiger partial charge < -0.3 is 10.4 Å². The van der Waals surface area contributed by atoms with Gasteiger partial charge in [-0.2, -0.15) is 11.3 Å². The molecule has 0 aromatic carbocycles. The average molecular weight is 297 g/mol. The minimum Gasteiger partial charge on any atom is -0.481 e. The molecule has 1 atom stereocenters. The summed E-state index contributed by atoms with van der Waals surface area (Å²) in [4.78, 5) is 22.6. The lowest BCUT2D eigenvalue weighted by Gasteiger charge is -2.20. The number of aliphatic carboxylic acids is 1. The molecule has 1 amide bonds. The van der Waals surface area contributed by atoms with Gasteiger partial charge in [0.15, 0.2) is 0 Å². The molecule has 1 aromatic rings. The van der Waals surface area contributed by atoms with Crippen molar-refractivity contribution in [3.05, 3.63) is 21.9 Å². The van der Waals surface area contributed by atoms with Crippen LogP contribution >= 0.6 is 11.3 Å². The Morgan fingerprint density at radius 1 is 1.30 bits per heavy atom. The molecule has 1 unspecified atom stereocenters. The quantitative estimate of drug-likeness (QED) is 0.773. The zero-order chi connectivity index (χ0) is 15.1. The second kappa shape index (κ2) is 8.04. The summed E-state index contributed by atoms with van der Waals surface area (Å²) in [7, 11) is 0. The summed E-state index contributed by atoms with van der Waals surface area (Å²) in [6, 6.07) is 0. The fourth-order valence-electron chi connectivity index (χ4n) is 2.18. The topological polar surface area (TPSA) is 66.4 Å². The van der Waals surface area contributed by atoms with Crippen LogP contribution in [0.25, 0.3) is 0 Å². The van der Waals surface area contributed by atoms with Crippen molar-refractivity contribution in [3.8, 4) is 0 Å². The average Bonchev–Trinajstić information content (AvgIpc) is 2.78. The zero-order valence-corrected chi connectivity index (χ0v) is 13.1. The summed E-state index contributed by atoms with van der Waals surface area (Å²) < 4.78 is 0. The maximum atomic E-state index is 11.9. The van der Waals surface area contributed by atoms with E-state index in [2.05, 4.69) is 19.2 Å². The highest BCUT2D eigenvalue weighted by Gasteiger charge is 2.16. The van der Waals surface area contributed by atoms with Gasteiger partial charge >= 0.3 is 5.97 Å². The highest BCUT2D eigenvalue weighted by molar-refractivity contribution is 7.08. The maximum Gasteiger partial charge on any atom is 0.303 e. The van der Waals surface area contributed by atoms with Crippen LogP contribution in [-0.2, 0) is 4.79 Å². The van der Waals surface area contributed by atoms with Crippen LogP contribution in [0.2, 0.25) is 0 Å². The van der Waals surface area contributed by atoms with Crippen LogP contribution in [0.5, 0.6) is 0 Å². The SMILES string of the molecule is Cc1cscc1C(=O)NCCC(CCC(=O)O)C(C)C. The molecule has 1 rings (SSSR count). The number of carboxylic acid groups (broad SMARTS) is 1. The molecule has 0 saturated heterocycles. The van der Waals surface area contributed by atoms with E-state index in [4.69, 9.17) is 5.11 Å². The van der Waals surface area contributed by atoms with Crippen LogP contribution in [0, 0.1) is 18.8 Å². The zero-order valence-electron chi connectivity index (χ0n) is 12.3. The predicted octanol–water partition coefficient (Wildman–Crippen LogP) is 3.31. The Morgan fingerprint density at radius 3 is 2.50 bits per heavy atom. The predicted molar refractivity (Wildman–Crippen MR) is 81.2 cm³/mol. The molecule has 4 nitrogen and oxygen atoms in total. The number of carboxylic acids is 1. The van der Waals surface area contributed by atoms with Gasteiger partial charge in [-0.05, 0) is 42.5 Å². The normalized spacial score (nSPS) is 12.4. The van der Waals surface area contributed by atoms with Crippen molar-refractivity contribution in [2.75, 3.05) is 6.54 Å². The summed E-state index contributed by atoms with van der Waals surface area (Å²) in [5, 5.41) is 15.5. The van der Waals surface area contributed by atoms with Crippen molar-refractivity contribution in [2.45, 2.75) is 40.0 Å². The largest absolute Gasteiger partial charge is 0.481 e. The molecule has 0 spiro atoms. The molecule has 0 saturated carbocycles. The first-order valence-electron chi connectivity index (χ1n) is 6.94. The molecule has 20 heavy (non-hydrogen) atoms. The fraction of sp³-hybridized carbons (Fsp3) is 0.600. The lowest BCUT2D eigenvalue weighted by molar-refractivity contribution is -0.137. The number of nitrogens with one attached hydrogen (secondary N) is 1. The minimum absolute atomic E-state index is 0.0375. The Hall–Kier alpha value is -1.36. The summed E-state index contributed by atoms with van der Waals surface area (Å²) >= 11 is 1.52. The van der Waals surface area contributed by atoms with Gasteiger partial charge in [0, 0.05) is 18.3 Å². The van der Waals surface area contributed by atoms with Gasteiger partial charge in [0.2, 0.25) is 0 Å². The van der Waals surface area contributed by atoms with Gasteiger partial charge in [-0.15, -0.1) is 0 Å². The molecule has 5 heteroatoms. The first-order valence-corrected chi connectivity index (χ1v) is 7.89. The minimum atomic E-state index is -0.756. The van der Waals surface area contributed by atoms with Crippen LogP contribution in [0.4, 0.5) is 0 Å². The van der Waals surface area contributed by atoms with Crippen molar-refractivity contribution < 1.29 is 14.7 Å². The summed E-state index contributed by atoms with van der Waals surface area (Å²) in [6.07, 6.45) is 1.68. The molecule has 1 aromatic heterocycles. The van der Waals surface area contributed by atoms with E-state index < -0.39 is 5.97 Å². The second-order valence-electron chi connectivity index (χ2n) is 5.45. The fourth-order valence-corrected chi connectivity index (χ4v) is 3.01. The van der Waals surface area contributed by atoms with Crippen molar-refractivity contribution in [2.24, 2.45) is 11.8 Å². The number of aryl methyl sites for hydroxylation is 1. The van der Waals surface area contributed by atoms with E-state index in [1.807, 2.05) is 17.7 Å². The number of rotatable bonds is 8. The van der Waals surface area contributed by atoms with Crippen LogP contribution < -0.4 is 5.32 Å².